The van der Waals surface area contributed by atoms with Crippen LogP contribution in [0.2, 0.25) is 0 Å². The smallest absolute Gasteiger partial charge is 0.135 e. The Morgan fingerprint density at radius 2 is 0.695 bits per heavy atom. The van der Waals surface area contributed by atoms with Crippen LogP contribution in [0.5, 0.6) is 0 Å². The summed E-state index contributed by atoms with van der Waals surface area (Å²) in [5.41, 5.74) is 31.0. The van der Waals surface area contributed by atoms with Crippen molar-refractivity contribution in [1.29, 1.82) is 0 Å². The fourth-order valence-electron chi connectivity index (χ4n) is 18.9. The molecule has 0 saturated heterocycles. The highest BCUT2D eigenvalue weighted by molar-refractivity contribution is 7.26. The number of para-hydroxylation sites is 2. The summed E-state index contributed by atoms with van der Waals surface area (Å²) in [5.74, 6) is 0.974. The summed E-state index contributed by atoms with van der Waals surface area (Å²) < 4.78 is 28.2. The molecule has 0 bridgehead atoms. The molecule has 6 nitrogen and oxygen atoms in total. The van der Waals surface area contributed by atoms with Crippen LogP contribution in [0.3, 0.4) is 0 Å². The maximum atomic E-state index is 6.16. The second-order valence-electron chi connectivity index (χ2n) is 32.8. The van der Waals surface area contributed by atoms with Crippen molar-refractivity contribution in [2.45, 2.75) is 126 Å². The number of nitrogens with zero attached hydrogens (tertiary/aromatic N) is 3. The Morgan fingerprint density at radius 1 is 0.271 bits per heavy atom. The third kappa shape index (κ3) is 13.5. The highest BCUT2D eigenvalue weighted by Gasteiger charge is 2.23. The summed E-state index contributed by atoms with van der Waals surface area (Å²) in [4.78, 5) is 0. The summed E-state index contributed by atoms with van der Waals surface area (Å²) in [6.45, 7) is 15.2. The van der Waals surface area contributed by atoms with Crippen LogP contribution in [-0.2, 0) is 6.42 Å². The summed E-state index contributed by atoms with van der Waals surface area (Å²) in [5, 5.41) is 16.2. The molecular formula is C111H95N3O3S. The lowest BCUT2D eigenvalue weighted by Crippen LogP contribution is -1.94. The number of fused-ring (bicyclic) bond motifs is 19. The topological polar surface area (TPSA) is 54.2 Å². The van der Waals surface area contributed by atoms with E-state index >= 15 is 0 Å². The molecule has 0 N–H and O–H groups in total. The minimum Gasteiger partial charge on any atom is -0.461 e. The minimum atomic E-state index is 0.920. The molecule has 7 heteroatoms. The average Bonchev–Trinajstić information content (AvgIpc) is 1.58. The second kappa shape index (κ2) is 31.3. The number of thiophene rings is 1. The Bertz CT molecular complexity index is 7590. The van der Waals surface area contributed by atoms with Crippen molar-refractivity contribution in [2.24, 2.45) is 0 Å². The Morgan fingerprint density at radius 3 is 1.31 bits per heavy atom. The van der Waals surface area contributed by atoms with E-state index in [1.54, 1.807) is 0 Å². The van der Waals surface area contributed by atoms with Gasteiger partial charge in [0.05, 0.1) is 43.5 Å². The molecule has 7 aromatic heterocycles. The molecule has 0 aliphatic carbocycles. The van der Waals surface area contributed by atoms with Gasteiger partial charge in [0.1, 0.15) is 33.7 Å². The van der Waals surface area contributed by atoms with E-state index in [9.17, 15) is 0 Å². The third-order valence-electron chi connectivity index (χ3n) is 25.0. The first-order chi connectivity index (χ1) is 57.9. The third-order valence-corrected chi connectivity index (χ3v) is 26.2. The molecule has 118 heavy (non-hydrogen) atoms. The van der Waals surface area contributed by atoms with Crippen LogP contribution in [0.1, 0.15) is 117 Å². The second-order valence-corrected chi connectivity index (χ2v) is 33.9. The highest BCUT2D eigenvalue weighted by atomic mass is 32.1. The van der Waals surface area contributed by atoms with E-state index in [1.807, 2.05) is 36.5 Å². The average molecular weight is 1550 g/mol. The fraction of sp³-hybridized carbons (Fsp3) is 0.171. The quantitative estimate of drug-likeness (QED) is 0.0805. The maximum Gasteiger partial charge on any atom is 0.135 e. The molecule has 0 atom stereocenters. The fourth-order valence-corrected chi connectivity index (χ4v) is 20.1. The van der Waals surface area contributed by atoms with Gasteiger partial charge in [-0.1, -0.05) is 240 Å². The van der Waals surface area contributed by atoms with Gasteiger partial charge in [-0.2, -0.15) is 0 Å². The molecule has 0 radical (unpaired) electrons. The molecule has 0 aliphatic rings. The highest BCUT2D eigenvalue weighted by Crippen LogP contribution is 2.45. The lowest BCUT2D eigenvalue weighted by atomic mass is 9.94. The molecule has 22 rings (SSSR count). The molecule has 0 saturated carbocycles. The number of benzene rings is 15. The van der Waals surface area contributed by atoms with Crippen molar-refractivity contribution < 1.29 is 13.3 Å². The zero-order chi connectivity index (χ0) is 79.6. The van der Waals surface area contributed by atoms with Gasteiger partial charge in [0.2, 0.25) is 0 Å². The van der Waals surface area contributed by atoms with Gasteiger partial charge in [-0.3, -0.25) is 0 Å². The van der Waals surface area contributed by atoms with Gasteiger partial charge in [-0.25, -0.2) is 0 Å². The molecule has 578 valence electrons. The molecule has 0 fully saturated rings. The van der Waals surface area contributed by atoms with E-state index in [4.69, 9.17) is 13.3 Å². The number of unbranched alkanes of at least 4 members (excludes halogenated alkanes) is 10. The predicted molar refractivity (Wildman–Crippen MR) is 504 cm³/mol. The molecule has 0 spiro atoms. The van der Waals surface area contributed by atoms with Crippen LogP contribution in [0.4, 0.5) is 0 Å². The van der Waals surface area contributed by atoms with Gasteiger partial charge in [0.25, 0.3) is 0 Å². The van der Waals surface area contributed by atoms with Crippen molar-refractivity contribution in [1.82, 2.24) is 13.7 Å². The predicted octanol–water partition coefficient (Wildman–Crippen LogP) is 33.0. The van der Waals surface area contributed by atoms with E-state index in [1.165, 1.54) is 240 Å². The van der Waals surface area contributed by atoms with Gasteiger partial charge in [0, 0.05) is 86.1 Å². The normalized spacial score (nSPS) is 11.9. The monoisotopic (exact) mass is 1550 g/mol. The number of rotatable bonds is 18. The summed E-state index contributed by atoms with van der Waals surface area (Å²) in [7, 11) is 0. The van der Waals surface area contributed by atoms with Gasteiger partial charge in [0.15, 0.2) is 0 Å². The maximum absolute atomic E-state index is 6.16. The van der Waals surface area contributed by atoms with Crippen molar-refractivity contribution in [3.8, 4) is 50.4 Å². The van der Waals surface area contributed by atoms with E-state index in [0.717, 1.165) is 67.3 Å². The van der Waals surface area contributed by atoms with Crippen LogP contribution < -0.4 is 0 Å². The van der Waals surface area contributed by atoms with Crippen LogP contribution in [-0.4, -0.2) is 13.7 Å². The molecule has 0 unspecified atom stereocenters. The first-order valence-electron chi connectivity index (χ1n) is 42.5. The van der Waals surface area contributed by atoms with Crippen molar-refractivity contribution in [3.05, 3.63) is 342 Å². The summed E-state index contributed by atoms with van der Waals surface area (Å²) in [6.07, 6.45) is 16.3. The van der Waals surface area contributed by atoms with Gasteiger partial charge in [-0.05, 0) is 256 Å². The Kier molecular flexibility index (Phi) is 19.6. The molecule has 0 amide bonds. The van der Waals surface area contributed by atoms with E-state index in [2.05, 4.69) is 340 Å². The zero-order valence-corrected chi connectivity index (χ0v) is 69.1. The largest absolute Gasteiger partial charge is 0.461 e. The first kappa shape index (κ1) is 73.9. The molecule has 15 aromatic carbocycles. The number of aromatic nitrogens is 3. The van der Waals surface area contributed by atoms with Gasteiger partial charge in [-0.15, -0.1) is 11.3 Å². The Labute approximate surface area is 692 Å². The van der Waals surface area contributed by atoms with Crippen LogP contribution in [0.25, 0.3) is 191 Å². The lowest BCUT2D eigenvalue weighted by molar-refractivity contribution is 0.549. The number of hydrogen-bond donors (Lipinski definition) is 0. The Balaban J connectivity index is 0.000000114. The van der Waals surface area contributed by atoms with Crippen LogP contribution in [0, 0.1) is 41.5 Å². The molecule has 0 aliphatic heterocycles. The number of aryl methyl sites for hydroxylation is 7. The SMILES string of the molecule is CCCCCCCCCCCCCc1ccc2c(c1)c1cc(-c3ccccc3)ccc1n2-c1ccc2oc3ccccc3c2c1.Cc1ccc2c(c1)c1cc(-c3c(C)cccc3C)ccc1n2-c1cccc2c1sc1ccccc12.Cc1ccc2c(c1)c1cc(-c3ccc4oc5ccccc5c4c3)ccc1n2-c1ccc2oc(C)c(C)c2c1. The summed E-state index contributed by atoms with van der Waals surface area (Å²) >= 11 is 1.89. The summed E-state index contributed by atoms with van der Waals surface area (Å²) in [6, 6.07) is 111. The van der Waals surface area contributed by atoms with E-state index in [-0.39, 0.29) is 0 Å². The van der Waals surface area contributed by atoms with E-state index in [0.29, 0.717) is 0 Å². The van der Waals surface area contributed by atoms with Crippen molar-refractivity contribution in [2.75, 3.05) is 0 Å². The van der Waals surface area contributed by atoms with Crippen LogP contribution in [0.15, 0.2) is 317 Å². The van der Waals surface area contributed by atoms with E-state index < -0.39 is 0 Å². The molecule has 22 aromatic rings. The number of furan rings is 3. The van der Waals surface area contributed by atoms with Crippen LogP contribution >= 0.6 is 11.3 Å². The van der Waals surface area contributed by atoms with Crippen molar-refractivity contribution in [3.63, 3.8) is 0 Å². The van der Waals surface area contributed by atoms with Gasteiger partial charge < -0.3 is 27.0 Å². The zero-order valence-electron chi connectivity index (χ0n) is 68.3. The molecular weight excluding hydrogens is 1460 g/mol. The molecule has 7 heterocycles. The first-order valence-corrected chi connectivity index (χ1v) is 43.3. The lowest BCUT2D eigenvalue weighted by Gasteiger charge is -2.12. The minimum absolute atomic E-state index is 0.920. The number of hydrogen-bond acceptors (Lipinski definition) is 4. The Hall–Kier alpha value is -12.9. The standard InChI is InChI=1S/C43H45NO.C35H25NO2.C33H25NS/c1-2-3-4-5-6-7-8-9-10-11-13-18-32-23-26-40-37(29-32)38-30-34(33-19-14-12-15-20-33)24-27-41(38)44(40)35-25-28-43-39(31-35)36-21-16-17-22-42(36)45-43;1-20-8-12-31-28(16-20)29-17-23(24-10-14-35-30(18-24)26-6-4-5-7-33(26)38-35)9-13-32(29)36(31)25-11-15-34-27(19-25)21(2)22(3)37-34;1-20-14-16-28-26(18-20)27-19-23(32-21(2)8-6-9-22(32)3)15-17-29(27)34(28)30-12-7-11-25-24-10-4-5-13-31(24)35-33(25)30/h12,14-17,19-31H,2-11,13,18H2,1H3;4-19H,1-3H3;4-19H,1-3H3. The van der Waals surface area contributed by atoms with Crippen molar-refractivity contribution >= 4 is 152 Å². The van der Waals surface area contributed by atoms with Gasteiger partial charge >= 0.3 is 0 Å².